The average Bonchev–Trinajstić information content (AvgIpc) is 3.02. The molecule has 6 nitrogen and oxygen atoms in total. The summed E-state index contributed by atoms with van der Waals surface area (Å²) in [5.74, 6) is 0.863. The van der Waals surface area contributed by atoms with Gasteiger partial charge in [-0.1, -0.05) is 12.1 Å². The highest BCUT2D eigenvalue weighted by molar-refractivity contribution is 5.78. The zero-order chi connectivity index (χ0) is 15.5. The number of ether oxygens (including phenoxy) is 1. The van der Waals surface area contributed by atoms with E-state index in [0.717, 1.165) is 29.2 Å². The molecule has 0 saturated heterocycles. The summed E-state index contributed by atoms with van der Waals surface area (Å²) in [6.07, 6.45) is 2.03. The van der Waals surface area contributed by atoms with E-state index < -0.39 is 0 Å². The van der Waals surface area contributed by atoms with Gasteiger partial charge in [0.2, 0.25) is 5.95 Å². The van der Waals surface area contributed by atoms with Crippen LogP contribution < -0.4 is 5.32 Å². The van der Waals surface area contributed by atoms with E-state index in [1.807, 2.05) is 43.0 Å². The van der Waals surface area contributed by atoms with Crippen molar-refractivity contribution in [1.29, 1.82) is 0 Å². The maximum atomic E-state index is 5.21. The van der Waals surface area contributed by atoms with Crippen molar-refractivity contribution in [3.8, 4) is 0 Å². The second kappa shape index (κ2) is 6.19. The van der Waals surface area contributed by atoms with Crippen LogP contribution in [0.4, 0.5) is 5.95 Å². The summed E-state index contributed by atoms with van der Waals surface area (Å²) in [5, 5.41) is 7.79. The third-order valence-corrected chi connectivity index (χ3v) is 3.73. The number of hydrogen-bond donors (Lipinski definition) is 1. The summed E-state index contributed by atoms with van der Waals surface area (Å²) in [5.41, 5.74) is 4.32. The van der Waals surface area contributed by atoms with Gasteiger partial charge in [0.25, 0.3) is 0 Å². The van der Waals surface area contributed by atoms with Crippen LogP contribution in [0, 0.1) is 6.92 Å². The van der Waals surface area contributed by atoms with Gasteiger partial charge in [-0.2, -0.15) is 5.10 Å². The molecule has 1 aromatic carbocycles. The van der Waals surface area contributed by atoms with Gasteiger partial charge in [-0.25, -0.2) is 4.98 Å². The second-order valence-corrected chi connectivity index (χ2v) is 5.34. The predicted molar refractivity (Wildman–Crippen MR) is 86.9 cm³/mol. The van der Waals surface area contributed by atoms with Crippen LogP contribution in [0.1, 0.15) is 11.3 Å². The summed E-state index contributed by atoms with van der Waals surface area (Å²) < 4.78 is 9.21. The first-order chi connectivity index (χ1) is 10.7. The SMILES string of the molecule is COCCn1c(NCc2cn(C)nc2C)nc2ccccc21. The quantitative estimate of drug-likeness (QED) is 0.759. The van der Waals surface area contributed by atoms with E-state index in [1.54, 1.807) is 7.11 Å². The van der Waals surface area contributed by atoms with Crippen LogP contribution in [-0.4, -0.2) is 33.0 Å². The van der Waals surface area contributed by atoms with E-state index in [4.69, 9.17) is 4.74 Å². The van der Waals surface area contributed by atoms with Crippen LogP contribution in [0.15, 0.2) is 30.5 Å². The normalized spacial score (nSPS) is 11.2. The van der Waals surface area contributed by atoms with Crippen LogP contribution in [0.3, 0.4) is 0 Å². The highest BCUT2D eigenvalue weighted by Crippen LogP contribution is 2.20. The molecule has 0 unspecified atom stereocenters. The molecule has 116 valence electrons. The largest absolute Gasteiger partial charge is 0.383 e. The monoisotopic (exact) mass is 299 g/mol. The van der Waals surface area contributed by atoms with Gasteiger partial charge in [0.15, 0.2) is 0 Å². The van der Waals surface area contributed by atoms with Gasteiger partial charge in [0.05, 0.1) is 23.3 Å². The number of anilines is 1. The van der Waals surface area contributed by atoms with Gasteiger partial charge in [-0.05, 0) is 19.1 Å². The van der Waals surface area contributed by atoms with Crippen molar-refractivity contribution < 1.29 is 4.74 Å². The maximum Gasteiger partial charge on any atom is 0.204 e. The Morgan fingerprint density at radius 1 is 1.27 bits per heavy atom. The fourth-order valence-electron chi connectivity index (χ4n) is 2.62. The van der Waals surface area contributed by atoms with Crippen molar-refractivity contribution in [3.05, 3.63) is 41.7 Å². The van der Waals surface area contributed by atoms with Crippen molar-refractivity contribution in [3.63, 3.8) is 0 Å². The lowest BCUT2D eigenvalue weighted by molar-refractivity contribution is 0.188. The average molecular weight is 299 g/mol. The molecule has 3 aromatic rings. The van der Waals surface area contributed by atoms with Crippen LogP contribution in [0.5, 0.6) is 0 Å². The number of rotatable bonds is 6. The number of hydrogen-bond acceptors (Lipinski definition) is 4. The Morgan fingerprint density at radius 2 is 2.09 bits per heavy atom. The van der Waals surface area contributed by atoms with E-state index in [-0.39, 0.29) is 0 Å². The number of benzene rings is 1. The number of fused-ring (bicyclic) bond motifs is 1. The molecular formula is C16H21N5O. The number of nitrogens with zero attached hydrogens (tertiary/aromatic N) is 4. The number of aromatic nitrogens is 4. The molecule has 0 amide bonds. The van der Waals surface area contributed by atoms with Gasteiger partial charge in [0, 0.05) is 39.0 Å². The molecule has 0 fully saturated rings. The molecule has 0 aliphatic rings. The van der Waals surface area contributed by atoms with Crippen molar-refractivity contribution in [1.82, 2.24) is 19.3 Å². The third-order valence-electron chi connectivity index (χ3n) is 3.73. The molecule has 1 N–H and O–H groups in total. The lowest BCUT2D eigenvalue weighted by Crippen LogP contribution is -2.10. The Balaban J connectivity index is 1.87. The topological polar surface area (TPSA) is 56.9 Å². The van der Waals surface area contributed by atoms with Crippen molar-refractivity contribution >= 4 is 17.0 Å². The number of para-hydroxylation sites is 2. The molecular weight excluding hydrogens is 278 g/mol. The number of methoxy groups -OCH3 is 1. The fraction of sp³-hybridized carbons (Fsp3) is 0.375. The lowest BCUT2D eigenvalue weighted by Gasteiger charge is -2.10. The smallest absolute Gasteiger partial charge is 0.204 e. The third kappa shape index (κ3) is 2.82. The van der Waals surface area contributed by atoms with E-state index in [0.29, 0.717) is 13.2 Å². The number of nitrogens with one attached hydrogen (secondary N) is 1. The molecule has 0 radical (unpaired) electrons. The lowest BCUT2D eigenvalue weighted by atomic mass is 10.3. The standard InChI is InChI=1S/C16H21N5O/c1-12-13(11-20(2)19-12)10-17-16-18-14-6-4-5-7-15(14)21(16)8-9-22-3/h4-7,11H,8-10H2,1-3H3,(H,17,18). The van der Waals surface area contributed by atoms with E-state index in [9.17, 15) is 0 Å². The molecule has 3 rings (SSSR count). The summed E-state index contributed by atoms with van der Waals surface area (Å²) in [6.45, 7) is 4.15. The van der Waals surface area contributed by atoms with Crippen molar-refractivity contribution in [2.75, 3.05) is 19.0 Å². The second-order valence-electron chi connectivity index (χ2n) is 5.34. The summed E-state index contributed by atoms with van der Waals surface area (Å²) in [6, 6.07) is 8.14. The van der Waals surface area contributed by atoms with Crippen molar-refractivity contribution in [2.45, 2.75) is 20.0 Å². The zero-order valence-corrected chi connectivity index (χ0v) is 13.2. The molecule has 22 heavy (non-hydrogen) atoms. The van der Waals surface area contributed by atoms with Gasteiger partial charge in [-0.15, -0.1) is 0 Å². The van der Waals surface area contributed by atoms with Crippen LogP contribution in [0.25, 0.3) is 11.0 Å². The highest BCUT2D eigenvalue weighted by Gasteiger charge is 2.11. The van der Waals surface area contributed by atoms with Gasteiger partial charge in [0.1, 0.15) is 0 Å². The van der Waals surface area contributed by atoms with Crippen LogP contribution >= 0.6 is 0 Å². The molecule has 2 aromatic heterocycles. The first kappa shape index (κ1) is 14.6. The maximum absolute atomic E-state index is 5.21. The first-order valence-corrected chi connectivity index (χ1v) is 7.36. The first-order valence-electron chi connectivity index (χ1n) is 7.36. The molecule has 0 aliphatic carbocycles. The molecule has 0 saturated carbocycles. The van der Waals surface area contributed by atoms with Crippen LogP contribution in [0.2, 0.25) is 0 Å². The predicted octanol–water partition coefficient (Wildman–Crippen LogP) is 2.34. The van der Waals surface area contributed by atoms with Gasteiger partial charge in [-0.3, -0.25) is 4.68 Å². The highest BCUT2D eigenvalue weighted by atomic mass is 16.5. The van der Waals surface area contributed by atoms with Crippen LogP contribution in [-0.2, 0) is 24.9 Å². The molecule has 0 spiro atoms. The summed E-state index contributed by atoms with van der Waals surface area (Å²) in [4.78, 5) is 4.69. The van der Waals surface area contributed by atoms with E-state index >= 15 is 0 Å². The Hall–Kier alpha value is -2.34. The van der Waals surface area contributed by atoms with Crippen molar-refractivity contribution in [2.24, 2.45) is 7.05 Å². The Labute approximate surface area is 129 Å². The molecule has 0 atom stereocenters. The minimum absolute atomic E-state index is 0.654. The molecule has 2 heterocycles. The van der Waals surface area contributed by atoms with Gasteiger partial charge < -0.3 is 14.6 Å². The Morgan fingerprint density at radius 3 is 2.82 bits per heavy atom. The Bertz CT molecular complexity index is 774. The minimum Gasteiger partial charge on any atom is -0.383 e. The summed E-state index contributed by atoms with van der Waals surface area (Å²) in [7, 11) is 3.65. The Kier molecular flexibility index (Phi) is 4.11. The number of aryl methyl sites for hydroxylation is 2. The summed E-state index contributed by atoms with van der Waals surface area (Å²) >= 11 is 0. The molecule has 0 bridgehead atoms. The fourth-order valence-corrected chi connectivity index (χ4v) is 2.62. The molecule has 6 heteroatoms. The molecule has 0 aliphatic heterocycles. The minimum atomic E-state index is 0.654. The van der Waals surface area contributed by atoms with E-state index in [2.05, 4.69) is 26.0 Å². The van der Waals surface area contributed by atoms with E-state index in [1.165, 1.54) is 5.56 Å². The van der Waals surface area contributed by atoms with Gasteiger partial charge >= 0.3 is 0 Å². The number of imidazole rings is 1. The zero-order valence-electron chi connectivity index (χ0n) is 13.2.